The van der Waals surface area contributed by atoms with E-state index in [0.29, 0.717) is 35.4 Å². The highest BCUT2D eigenvalue weighted by Crippen LogP contribution is 2.35. The number of fused-ring (bicyclic) bond motifs is 2. The number of rotatable bonds is 8. The van der Waals surface area contributed by atoms with E-state index in [-0.39, 0.29) is 42.8 Å². The highest BCUT2D eigenvalue weighted by Gasteiger charge is 2.35. The molecule has 1 saturated heterocycles. The van der Waals surface area contributed by atoms with Gasteiger partial charge < -0.3 is 25.4 Å². The quantitative estimate of drug-likeness (QED) is 0.418. The van der Waals surface area contributed by atoms with Gasteiger partial charge in [0.05, 0.1) is 30.6 Å². The molecule has 4 heterocycles. The van der Waals surface area contributed by atoms with Crippen molar-refractivity contribution in [3.05, 3.63) is 53.5 Å². The highest BCUT2D eigenvalue weighted by molar-refractivity contribution is 6.09. The largest absolute Gasteiger partial charge is 0.491 e. The van der Waals surface area contributed by atoms with Crippen LogP contribution >= 0.6 is 0 Å². The maximum Gasteiger partial charge on any atom is 0.261 e. The van der Waals surface area contributed by atoms with Crippen molar-refractivity contribution in [1.29, 1.82) is 0 Å². The van der Waals surface area contributed by atoms with Gasteiger partial charge in [0.15, 0.2) is 5.65 Å². The van der Waals surface area contributed by atoms with Crippen LogP contribution in [0.25, 0.3) is 5.65 Å². The van der Waals surface area contributed by atoms with Gasteiger partial charge in [0.25, 0.3) is 11.8 Å². The summed E-state index contributed by atoms with van der Waals surface area (Å²) in [5.74, 6) is -0.725. The van der Waals surface area contributed by atoms with Crippen molar-refractivity contribution in [3.63, 3.8) is 0 Å². The first-order chi connectivity index (χ1) is 17.6. The van der Waals surface area contributed by atoms with Crippen LogP contribution in [0.3, 0.4) is 0 Å². The number of nitrogens with one attached hydrogen (secondary N) is 2. The summed E-state index contributed by atoms with van der Waals surface area (Å²) < 4.78 is 22.0. The number of anilines is 1. The van der Waals surface area contributed by atoms with Gasteiger partial charge in [-0.25, -0.2) is 13.9 Å². The fourth-order valence-corrected chi connectivity index (χ4v) is 4.35. The molecule has 5 rings (SSSR count). The second kappa shape index (κ2) is 9.43. The second-order valence-corrected chi connectivity index (χ2v) is 9.90. The molecule has 2 atom stereocenters. The molecule has 0 aliphatic carbocycles. The summed E-state index contributed by atoms with van der Waals surface area (Å²) in [4.78, 5) is 43.3. The van der Waals surface area contributed by atoms with Crippen molar-refractivity contribution in [3.8, 4) is 5.75 Å². The molecule has 0 spiro atoms. The maximum atomic E-state index is 14.5. The third-order valence-corrected chi connectivity index (χ3v) is 6.54. The highest BCUT2D eigenvalue weighted by atomic mass is 19.1. The van der Waals surface area contributed by atoms with E-state index in [9.17, 15) is 23.9 Å². The molecule has 3 amide bonds. The van der Waals surface area contributed by atoms with Gasteiger partial charge in [-0.2, -0.15) is 5.10 Å². The van der Waals surface area contributed by atoms with Gasteiger partial charge in [-0.1, -0.05) is 0 Å². The molecular formula is C25H27FN6O5. The number of nitrogens with zero attached hydrogens (tertiary/aromatic N) is 4. The molecule has 0 bridgehead atoms. The van der Waals surface area contributed by atoms with Gasteiger partial charge in [-0.3, -0.25) is 14.4 Å². The van der Waals surface area contributed by atoms with Gasteiger partial charge in [0, 0.05) is 43.4 Å². The molecule has 12 heteroatoms. The number of carbonyl (C=O) groups is 3. The summed E-state index contributed by atoms with van der Waals surface area (Å²) in [6.45, 7) is 3.21. The van der Waals surface area contributed by atoms with Crippen LogP contribution in [0.2, 0.25) is 0 Å². The summed E-state index contributed by atoms with van der Waals surface area (Å²) in [5, 5.41) is 19.7. The van der Waals surface area contributed by atoms with Crippen LogP contribution in [0, 0.1) is 5.92 Å². The number of hydrogen-bond acceptors (Lipinski definition) is 7. The van der Waals surface area contributed by atoms with Gasteiger partial charge in [-0.15, -0.1) is 0 Å². The first-order valence-corrected chi connectivity index (χ1v) is 11.9. The molecule has 11 nitrogen and oxygen atoms in total. The molecule has 37 heavy (non-hydrogen) atoms. The number of carbonyl (C=O) groups excluding carboxylic acids is 3. The summed E-state index contributed by atoms with van der Waals surface area (Å²) >= 11 is 0. The lowest BCUT2D eigenvalue weighted by molar-refractivity contribution is -0.119. The van der Waals surface area contributed by atoms with Crippen molar-refractivity contribution in [2.24, 2.45) is 5.92 Å². The number of ether oxygens (including phenoxy) is 1. The van der Waals surface area contributed by atoms with Crippen LogP contribution in [-0.4, -0.2) is 73.8 Å². The fourth-order valence-electron chi connectivity index (χ4n) is 4.35. The Kier molecular flexibility index (Phi) is 6.28. The minimum absolute atomic E-state index is 0.0561. The van der Waals surface area contributed by atoms with E-state index in [0.717, 1.165) is 0 Å². The van der Waals surface area contributed by atoms with Gasteiger partial charge in [-0.05, 0) is 37.6 Å². The minimum Gasteiger partial charge on any atom is -0.491 e. The number of amides is 3. The van der Waals surface area contributed by atoms with Crippen molar-refractivity contribution < 1.29 is 28.6 Å². The molecule has 0 radical (unpaired) electrons. The third-order valence-electron chi connectivity index (χ3n) is 6.54. The smallest absolute Gasteiger partial charge is 0.261 e. The van der Waals surface area contributed by atoms with Crippen LogP contribution in [-0.2, 0) is 11.3 Å². The summed E-state index contributed by atoms with van der Waals surface area (Å²) in [7, 11) is 0. The standard InChI is InChI=1S/C25H27FN6O5/c1-25(2,36)20(26)12-31-11-15-7-18(30-23(34)17-10-29-32-5-3-4-27-22(17)32)19(8-16(15)24(31)35)37-13-14-6-21(33)28-9-14/h3-5,7-8,10,14,20,36H,6,9,11-13H2,1-2H3,(H,28,33)(H,30,34)/t14-,20-/m1/s1. The number of alkyl halides is 1. The number of benzene rings is 1. The molecule has 2 aliphatic heterocycles. The topological polar surface area (TPSA) is 138 Å². The molecule has 1 aromatic carbocycles. The summed E-state index contributed by atoms with van der Waals surface area (Å²) in [6, 6.07) is 4.86. The molecule has 2 aliphatic rings. The Bertz CT molecular complexity index is 1380. The van der Waals surface area contributed by atoms with E-state index >= 15 is 0 Å². The average molecular weight is 511 g/mol. The van der Waals surface area contributed by atoms with Crippen LogP contribution in [0.1, 0.15) is 46.5 Å². The van der Waals surface area contributed by atoms with Crippen molar-refractivity contribution >= 4 is 29.1 Å². The molecular weight excluding hydrogens is 483 g/mol. The van der Waals surface area contributed by atoms with Crippen LogP contribution in [0.4, 0.5) is 10.1 Å². The Balaban J connectivity index is 1.42. The van der Waals surface area contributed by atoms with Crippen molar-refractivity contribution in [2.75, 3.05) is 25.0 Å². The Hall–Kier alpha value is -4.06. The van der Waals surface area contributed by atoms with Crippen molar-refractivity contribution in [2.45, 2.75) is 38.6 Å². The van der Waals surface area contributed by atoms with Crippen LogP contribution in [0.15, 0.2) is 36.8 Å². The minimum atomic E-state index is -1.64. The zero-order valence-electron chi connectivity index (χ0n) is 20.4. The summed E-state index contributed by atoms with van der Waals surface area (Å²) in [5.41, 5.74) is 0.269. The molecule has 194 valence electrons. The van der Waals surface area contributed by atoms with E-state index in [4.69, 9.17) is 4.74 Å². The first kappa shape index (κ1) is 24.6. The Morgan fingerprint density at radius 3 is 2.92 bits per heavy atom. The van der Waals surface area contributed by atoms with Crippen molar-refractivity contribution in [1.82, 2.24) is 24.8 Å². The van der Waals surface area contributed by atoms with E-state index in [1.807, 2.05) is 0 Å². The molecule has 1 fully saturated rings. The third kappa shape index (κ3) is 4.96. The van der Waals surface area contributed by atoms with E-state index in [2.05, 4.69) is 20.7 Å². The van der Waals surface area contributed by atoms with Gasteiger partial charge >= 0.3 is 0 Å². The predicted molar refractivity (Wildman–Crippen MR) is 130 cm³/mol. The summed E-state index contributed by atoms with van der Waals surface area (Å²) in [6.07, 6.45) is 3.32. The molecule has 3 aromatic rings. The fraction of sp³-hybridized carbons (Fsp3) is 0.400. The number of hydrogen-bond donors (Lipinski definition) is 3. The Morgan fingerprint density at radius 1 is 1.38 bits per heavy atom. The van der Waals surface area contributed by atoms with E-state index < -0.39 is 23.6 Å². The van der Waals surface area contributed by atoms with Gasteiger partial charge in [0.1, 0.15) is 17.5 Å². The number of halogens is 1. The lowest BCUT2D eigenvalue weighted by Gasteiger charge is -2.26. The van der Waals surface area contributed by atoms with Crippen LogP contribution in [0.5, 0.6) is 5.75 Å². The second-order valence-electron chi connectivity index (χ2n) is 9.90. The molecule has 0 saturated carbocycles. The zero-order chi connectivity index (χ0) is 26.3. The molecule has 2 aromatic heterocycles. The lowest BCUT2D eigenvalue weighted by Crippen LogP contribution is -2.42. The SMILES string of the molecule is CC(C)(O)[C@H](F)CN1Cc2cc(NC(=O)c3cnn4cccnc34)c(OC[C@H]3CNC(=O)C3)cc2C1=O. The first-order valence-electron chi connectivity index (χ1n) is 11.9. The molecule has 3 N–H and O–H groups in total. The maximum absolute atomic E-state index is 14.5. The Morgan fingerprint density at radius 2 is 2.19 bits per heavy atom. The average Bonchev–Trinajstić information content (AvgIpc) is 3.54. The monoisotopic (exact) mass is 510 g/mol. The number of aromatic nitrogens is 3. The van der Waals surface area contributed by atoms with E-state index in [1.165, 1.54) is 35.5 Å². The number of aliphatic hydroxyl groups is 1. The normalized spacial score (nSPS) is 18.2. The van der Waals surface area contributed by atoms with Crippen LogP contribution < -0.4 is 15.4 Å². The molecule has 0 unspecified atom stereocenters. The Labute approximate surface area is 211 Å². The lowest BCUT2D eigenvalue weighted by atomic mass is 10.0. The predicted octanol–water partition coefficient (Wildman–Crippen LogP) is 1.56. The van der Waals surface area contributed by atoms with E-state index in [1.54, 1.807) is 24.5 Å². The van der Waals surface area contributed by atoms with Gasteiger partial charge in [0.2, 0.25) is 5.91 Å². The zero-order valence-corrected chi connectivity index (χ0v) is 20.4.